The smallest absolute Gasteiger partial charge is 0.323 e. The minimum Gasteiger partial charge on any atom is -0.461 e. The van der Waals surface area contributed by atoms with Crippen LogP contribution in [0.3, 0.4) is 0 Å². The normalized spacial score (nSPS) is 36.8. The lowest BCUT2D eigenvalue weighted by Gasteiger charge is -2.58. The Balaban J connectivity index is 1.35. The zero-order valence-electron chi connectivity index (χ0n) is 27.2. The van der Waals surface area contributed by atoms with E-state index in [-0.39, 0.29) is 23.4 Å². The minimum atomic E-state index is -0.616. The van der Waals surface area contributed by atoms with E-state index >= 15 is 0 Å². The Bertz CT molecular complexity index is 958. The molecular weight excluding hydrogens is 508 g/mol. The fourth-order valence-electron chi connectivity index (χ4n) is 10.3. The van der Waals surface area contributed by atoms with Crippen molar-refractivity contribution in [3.05, 3.63) is 11.6 Å². The molecule has 0 spiro atoms. The van der Waals surface area contributed by atoms with Gasteiger partial charge in [0, 0.05) is 13.0 Å². The Morgan fingerprint density at radius 3 is 2.49 bits per heavy atom. The van der Waals surface area contributed by atoms with Gasteiger partial charge >= 0.3 is 5.97 Å². The van der Waals surface area contributed by atoms with Crippen LogP contribution in [0.1, 0.15) is 125 Å². The summed E-state index contributed by atoms with van der Waals surface area (Å²) >= 11 is 0. The number of carbonyl (C=O) groups is 1. The Kier molecular flexibility index (Phi) is 10.6. The fraction of sp³-hybridized carbons (Fsp3) is 0.886. The molecule has 0 aromatic heterocycles. The Labute approximate surface area is 251 Å². The summed E-state index contributed by atoms with van der Waals surface area (Å²) in [6, 6.07) is -0.616. The number of nitrogens with two attached hydrogens (primary N) is 3. The largest absolute Gasteiger partial charge is 0.461 e. The van der Waals surface area contributed by atoms with Crippen LogP contribution in [-0.2, 0) is 9.53 Å². The molecule has 41 heavy (non-hydrogen) atoms. The van der Waals surface area contributed by atoms with Gasteiger partial charge in [-0.2, -0.15) is 0 Å². The van der Waals surface area contributed by atoms with E-state index in [0.717, 1.165) is 60.7 Å². The summed E-state index contributed by atoms with van der Waals surface area (Å²) < 4.78 is 5.96. The molecule has 0 amide bonds. The highest BCUT2D eigenvalue weighted by molar-refractivity contribution is 5.76. The third-order valence-electron chi connectivity index (χ3n) is 12.8. The number of allylic oxidation sites excluding steroid dienone is 1. The van der Waals surface area contributed by atoms with Crippen molar-refractivity contribution in [3.63, 3.8) is 0 Å². The third-order valence-corrected chi connectivity index (χ3v) is 12.8. The van der Waals surface area contributed by atoms with Gasteiger partial charge in [0.15, 0.2) is 5.96 Å². The summed E-state index contributed by atoms with van der Waals surface area (Å²) in [5.74, 6) is 5.64. The number of nitrogens with zero attached hydrogens (tertiary/aromatic N) is 1. The first-order valence-corrected chi connectivity index (χ1v) is 17.1. The van der Waals surface area contributed by atoms with Gasteiger partial charge in [0.2, 0.25) is 0 Å². The van der Waals surface area contributed by atoms with Gasteiger partial charge in [0.25, 0.3) is 0 Å². The first kappa shape index (κ1) is 32.4. The fourth-order valence-corrected chi connectivity index (χ4v) is 10.3. The number of aliphatic imine (C=N–C) groups is 1. The van der Waals surface area contributed by atoms with Gasteiger partial charge < -0.3 is 21.9 Å². The number of guanidine groups is 1. The molecule has 4 aliphatic rings. The summed E-state index contributed by atoms with van der Waals surface area (Å²) in [4.78, 5) is 16.7. The van der Waals surface area contributed by atoms with E-state index in [1.54, 1.807) is 5.57 Å². The number of hydrogen-bond acceptors (Lipinski definition) is 4. The van der Waals surface area contributed by atoms with E-state index in [2.05, 4.69) is 52.6 Å². The van der Waals surface area contributed by atoms with Crippen LogP contribution < -0.4 is 17.2 Å². The molecule has 0 aliphatic heterocycles. The monoisotopic (exact) mass is 570 g/mol. The Morgan fingerprint density at radius 1 is 1.05 bits per heavy atom. The molecule has 4 rings (SSSR count). The standard InChI is InChI=1S/C35H62N4O2/c1-7-24(22(2)3)11-10-23(4)28-14-15-29-27-13-12-25-21-26(41-32(40)31(36)9-8-20-39-33(37)38)16-18-34(25,5)30(27)17-19-35(28,29)6/h12,22-24,26-31H,7-11,13-21,36H2,1-6H3,(H4,37,38,39)/t23-,24-,26+,27+,28-,29+,30+,31+,34+,35-/m1/s1. The highest BCUT2D eigenvalue weighted by atomic mass is 16.5. The van der Waals surface area contributed by atoms with Gasteiger partial charge in [-0.1, -0.05) is 66.0 Å². The molecule has 3 fully saturated rings. The molecule has 234 valence electrons. The molecule has 0 heterocycles. The molecule has 0 radical (unpaired) electrons. The molecule has 6 heteroatoms. The second-order valence-electron chi connectivity index (χ2n) is 15.3. The summed E-state index contributed by atoms with van der Waals surface area (Å²) in [6.07, 6.45) is 17.6. The summed E-state index contributed by atoms with van der Waals surface area (Å²) in [6.45, 7) is 15.5. The third kappa shape index (κ3) is 6.83. The SMILES string of the molecule is CC[C@H](CC[C@@H](C)[C@H]1CC[C@H]2[C@@H]3CC=C4C[C@@H](OC(=O)[C@@H](N)CCCN=C(N)N)CC[C@]4(C)[C@H]3CC[C@]12C)C(C)C. The second-order valence-corrected chi connectivity index (χ2v) is 15.3. The van der Waals surface area contributed by atoms with Crippen LogP contribution in [0.5, 0.6) is 0 Å². The van der Waals surface area contributed by atoms with Crippen LogP contribution in [-0.4, -0.2) is 30.6 Å². The molecule has 0 unspecified atom stereocenters. The van der Waals surface area contributed by atoms with E-state index < -0.39 is 6.04 Å². The highest BCUT2D eigenvalue weighted by Gasteiger charge is 2.59. The molecule has 0 bridgehead atoms. The van der Waals surface area contributed by atoms with Crippen LogP contribution in [0, 0.1) is 52.3 Å². The molecule has 4 aliphatic carbocycles. The van der Waals surface area contributed by atoms with Crippen molar-refractivity contribution in [1.29, 1.82) is 0 Å². The molecular formula is C35H62N4O2. The Hall–Kier alpha value is -1.56. The predicted octanol–water partition coefficient (Wildman–Crippen LogP) is 6.96. The highest BCUT2D eigenvalue weighted by Crippen LogP contribution is 2.67. The van der Waals surface area contributed by atoms with Gasteiger partial charge in [0.1, 0.15) is 12.1 Å². The van der Waals surface area contributed by atoms with Gasteiger partial charge in [-0.3, -0.25) is 9.79 Å². The average molecular weight is 571 g/mol. The number of esters is 1. The van der Waals surface area contributed by atoms with Crippen molar-refractivity contribution in [3.8, 4) is 0 Å². The van der Waals surface area contributed by atoms with Crippen LogP contribution in [0.15, 0.2) is 16.6 Å². The van der Waals surface area contributed by atoms with Gasteiger partial charge in [-0.15, -0.1) is 0 Å². The van der Waals surface area contributed by atoms with Crippen molar-refractivity contribution in [2.45, 2.75) is 137 Å². The van der Waals surface area contributed by atoms with E-state index in [0.29, 0.717) is 24.8 Å². The lowest BCUT2D eigenvalue weighted by atomic mass is 9.47. The summed E-state index contributed by atoms with van der Waals surface area (Å²) in [5, 5.41) is 0. The van der Waals surface area contributed by atoms with E-state index in [1.807, 2.05) is 0 Å². The van der Waals surface area contributed by atoms with Crippen LogP contribution in [0.25, 0.3) is 0 Å². The van der Waals surface area contributed by atoms with Crippen LogP contribution in [0.2, 0.25) is 0 Å². The predicted molar refractivity (Wildman–Crippen MR) is 170 cm³/mol. The summed E-state index contributed by atoms with van der Waals surface area (Å²) in [5.41, 5.74) is 19.2. The first-order valence-electron chi connectivity index (χ1n) is 17.1. The molecule has 0 saturated heterocycles. The van der Waals surface area contributed by atoms with Gasteiger partial charge in [0.05, 0.1) is 0 Å². The maximum atomic E-state index is 12.7. The lowest BCUT2D eigenvalue weighted by molar-refractivity contribution is -0.153. The minimum absolute atomic E-state index is 0.0505. The number of ether oxygens (including phenoxy) is 1. The van der Waals surface area contributed by atoms with Crippen molar-refractivity contribution >= 4 is 11.9 Å². The quantitative estimate of drug-likeness (QED) is 0.0771. The number of hydrogen-bond donors (Lipinski definition) is 3. The summed E-state index contributed by atoms with van der Waals surface area (Å²) in [7, 11) is 0. The van der Waals surface area contributed by atoms with Crippen molar-refractivity contribution in [2.24, 2.45) is 74.4 Å². The van der Waals surface area contributed by atoms with Crippen molar-refractivity contribution in [2.75, 3.05) is 6.54 Å². The van der Waals surface area contributed by atoms with Crippen molar-refractivity contribution in [1.82, 2.24) is 0 Å². The van der Waals surface area contributed by atoms with Crippen molar-refractivity contribution < 1.29 is 9.53 Å². The van der Waals surface area contributed by atoms with Crippen LogP contribution in [0.4, 0.5) is 0 Å². The zero-order chi connectivity index (χ0) is 29.9. The molecule has 6 N–H and O–H groups in total. The maximum Gasteiger partial charge on any atom is 0.323 e. The lowest BCUT2D eigenvalue weighted by Crippen LogP contribution is -2.51. The first-order chi connectivity index (χ1) is 19.4. The van der Waals surface area contributed by atoms with Crippen LogP contribution >= 0.6 is 0 Å². The number of fused-ring (bicyclic) bond motifs is 5. The van der Waals surface area contributed by atoms with E-state index in [1.165, 1.54) is 51.4 Å². The Morgan fingerprint density at radius 2 is 1.80 bits per heavy atom. The topological polar surface area (TPSA) is 117 Å². The number of carbonyl (C=O) groups excluding carboxylic acids is 1. The number of rotatable bonds is 12. The second kappa shape index (κ2) is 13.4. The maximum absolute atomic E-state index is 12.7. The average Bonchev–Trinajstić information content (AvgIpc) is 3.28. The molecule has 0 aromatic carbocycles. The molecule has 0 aromatic rings. The molecule has 6 nitrogen and oxygen atoms in total. The van der Waals surface area contributed by atoms with Gasteiger partial charge in [-0.05, 0) is 116 Å². The van der Waals surface area contributed by atoms with E-state index in [4.69, 9.17) is 21.9 Å². The molecule has 3 saturated carbocycles. The molecule has 10 atom stereocenters. The van der Waals surface area contributed by atoms with Gasteiger partial charge in [-0.25, -0.2) is 0 Å². The zero-order valence-corrected chi connectivity index (χ0v) is 27.2. The van der Waals surface area contributed by atoms with E-state index in [9.17, 15) is 4.79 Å².